The van der Waals surface area contributed by atoms with Crippen LogP contribution in [0.25, 0.3) is 0 Å². The monoisotopic (exact) mass is 357 g/mol. The average Bonchev–Trinajstić information content (AvgIpc) is 3.44. The van der Waals surface area contributed by atoms with Crippen LogP contribution in [0.1, 0.15) is 56.8 Å². The van der Waals surface area contributed by atoms with Crippen LogP contribution in [0.5, 0.6) is 0 Å². The SMILES string of the molecule is CC(C)(C)C(=O)Nc1ccccc1C(=O)N1CCC(NCC2CC2)CC1. The Kier molecular flexibility index (Phi) is 5.66. The normalized spacial score (nSPS) is 18.7. The molecule has 1 aliphatic carbocycles. The molecule has 0 aromatic heterocycles. The maximum absolute atomic E-state index is 13.0. The molecular weight excluding hydrogens is 326 g/mol. The topological polar surface area (TPSA) is 61.4 Å². The van der Waals surface area contributed by atoms with Gasteiger partial charge < -0.3 is 15.5 Å². The van der Waals surface area contributed by atoms with Crippen LogP contribution in [0.2, 0.25) is 0 Å². The van der Waals surface area contributed by atoms with Gasteiger partial charge in [-0.15, -0.1) is 0 Å². The van der Waals surface area contributed by atoms with E-state index >= 15 is 0 Å². The van der Waals surface area contributed by atoms with Crippen molar-refractivity contribution in [1.82, 2.24) is 10.2 Å². The van der Waals surface area contributed by atoms with E-state index < -0.39 is 5.41 Å². The Hall–Kier alpha value is -1.88. The molecule has 1 aliphatic heterocycles. The van der Waals surface area contributed by atoms with E-state index in [0.29, 0.717) is 17.3 Å². The van der Waals surface area contributed by atoms with E-state index in [0.717, 1.165) is 38.4 Å². The summed E-state index contributed by atoms with van der Waals surface area (Å²) < 4.78 is 0. The van der Waals surface area contributed by atoms with Crippen LogP contribution >= 0.6 is 0 Å². The summed E-state index contributed by atoms with van der Waals surface area (Å²) in [5, 5.41) is 6.56. The lowest BCUT2D eigenvalue weighted by Crippen LogP contribution is -2.45. The van der Waals surface area contributed by atoms with Crippen LogP contribution in [-0.2, 0) is 4.79 Å². The predicted molar refractivity (Wildman–Crippen MR) is 104 cm³/mol. The molecule has 2 fully saturated rings. The van der Waals surface area contributed by atoms with Crippen molar-refractivity contribution in [3.63, 3.8) is 0 Å². The number of carbonyl (C=O) groups is 2. The number of hydrogen-bond donors (Lipinski definition) is 2. The molecule has 2 N–H and O–H groups in total. The molecule has 26 heavy (non-hydrogen) atoms. The van der Waals surface area contributed by atoms with Crippen molar-refractivity contribution in [2.75, 3.05) is 25.0 Å². The molecule has 142 valence electrons. The van der Waals surface area contributed by atoms with Crippen molar-refractivity contribution in [2.24, 2.45) is 11.3 Å². The van der Waals surface area contributed by atoms with E-state index in [2.05, 4.69) is 10.6 Å². The van der Waals surface area contributed by atoms with Gasteiger partial charge in [0, 0.05) is 24.5 Å². The Morgan fingerprint density at radius 1 is 1.08 bits per heavy atom. The first kappa shape index (κ1) is 18.9. The fraction of sp³-hybridized carbons (Fsp3) is 0.619. The molecule has 1 heterocycles. The van der Waals surface area contributed by atoms with Crippen molar-refractivity contribution in [3.8, 4) is 0 Å². The minimum atomic E-state index is -0.498. The first-order valence-corrected chi connectivity index (χ1v) is 9.78. The van der Waals surface area contributed by atoms with Crippen LogP contribution in [0.4, 0.5) is 5.69 Å². The van der Waals surface area contributed by atoms with Gasteiger partial charge in [-0.25, -0.2) is 0 Å². The second-order valence-electron chi connectivity index (χ2n) is 8.67. The first-order chi connectivity index (χ1) is 12.3. The molecule has 3 rings (SSSR count). The van der Waals surface area contributed by atoms with E-state index in [4.69, 9.17) is 0 Å². The molecule has 1 aromatic carbocycles. The maximum Gasteiger partial charge on any atom is 0.255 e. The van der Waals surface area contributed by atoms with Gasteiger partial charge in [-0.2, -0.15) is 0 Å². The zero-order valence-corrected chi connectivity index (χ0v) is 16.2. The molecule has 0 bridgehead atoms. The van der Waals surface area contributed by atoms with Gasteiger partial charge in [0.05, 0.1) is 11.3 Å². The minimum absolute atomic E-state index is 0.00968. The zero-order valence-electron chi connectivity index (χ0n) is 16.2. The summed E-state index contributed by atoms with van der Waals surface area (Å²) in [6, 6.07) is 7.83. The van der Waals surface area contributed by atoms with Crippen molar-refractivity contribution in [3.05, 3.63) is 29.8 Å². The van der Waals surface area contributed by atoms with Gasteiger partial charge >= 0.3 is 0 Å². The van der Waals surface area contributed by atoms with E-state index in [9.17, 15) is 9.59 Å². The Morgan fingerprint density at radius 3 is 2.35 bits per heavy atom. The molecule has 5 nitrogen and oxygen atoms in total. The highest BCUT2D eigenvalue weighted by Gasteiger charge is 2.28. The number of nitrogens with one attached hydrogen (secondary N) is 2. The van der Waals surface area contributed by atoms with Crippen molar-refractivity contribution >= 4 is 17.5 Å². The molecule has 0 radical (unpaired) electrons. The summed E-state index contributed by atoms with van der Waals surface area (Å²) in [5.41, 5.74) is 0.683. The van der Waals surface area contributed by atoms with Crippen molar-refractivity contribution in [2.45, 2.75) is 52.5 Å². The lowest BCUT2D eigenvalue weighted by molar-refractivity contribution is -0.123. The van der Waals surface area contributed by atoms with E-state index in [-0.39, 0.29) is 11.8 Å². The first-order valence-electron chi connectivity index (χ1n) is 9.78. The van der Waals surface area contributed by atoms with Gasteiger partial charge in [0.25, 0.3) is 5.91 Å². The summed E-state index contributed by atoms with van der Waals surface area (Å²) >= 11 is 0. The summed E-state index contributed by atoms with van der Waals surface area (Å²) in [4.78, 5) is 27.2. The number of carbonyl (C=O) groups excluding carboxylic acids is 2. The fourth-order valence-corrected chi connectivity index (χ4v) is 3.20. The van der Waals surface area contributed by atoms with Gasteiger partial charge in [-0.3, -0.25) is 9.59 Å². The third-order valence-corrected chi connectivity index (χ3v) is 5.26. The van der Waals surface area contributed by atoms with Crippen LogP contribution in [0.15, 0.2) is 24.3 Å². The number of rotatable bonds is 5. The van der Waals surface area contributed by atoms with Gasteiger partial charge in [0.2, 0.25) is 5.91 Å². The van der Waals surface area contributed by atoms with Crippen LogP contribution in [-0.4, -0.2) is 42.4 Å². The minimum Gasteiger partial charge on any atom is -0.338 e. The third kappa shape index (κ3) is 4.85. The molecule has 2 amide bonds. The summed E-state index contributed by atoms with van der Waals surface area (Å²) in [7, 11) is 0. The van der Waals surface area contributed by atoms with E-state index in [1.807, 2.05) is 37.8 Å². The molecule has 1 saturated carbocycles. The van der Waals surface area contributed by atoms with E-state index in [1.165, 1.54) is 12.8 Å². The Labute approximate surface area is 156 Å². The summed E-state index contributed by atoms with van der Waals surface area (Å²) in [6.07, 6.45) is 4.72. The Bertz CT molecular complexity index is 653. The number of benzene rings is 1. The Morgan fingerprint density at radius 2 is 1.73 bits per heavy atom. The maximum atomic E-state index is 13.0. The molecule has 1 aromatic rings. The van der Waals surface area contributed by atoms with Gasteiger partial charge in [-0.1, -0.05) is 32.9 Å². The highest BCUT2D eigenvalue weighted by molar-refractivity contribution is 6.04. The molecule has 0 unspecified atom stereocenters. The standard InChI is InChI=1S/C21H31N3O2/c1-21(2,3)20(26)23-18-7-5-4-6-17(18)19(25)24-12-10-16(11-13-24)22-14-15-8-9-15/h4-7,15-16,22H,8-14H2,1-3H3,(H,23,26). The fourth-order valence-electron chi connectivity index (χ4n) is 3.20. The largest absolute Gasteiger partial charge is 0.338 e. The number of nitrogens with zero attached hydrogens (tertiary/aromatic N) is 1. The number of likely N-dealkylation sites (tertiary alicyclic amines) is 1. The quantitative estimate of drug-likeness (QED) is 0.850. The molecule has 0 spiro atoms. The Balaban J connectivity index is 1.60. The number of para-hydroxylation sites is 1. The van der Waals surface area contributed by atoms with Crippen LogP contribution in [0, 0.1) is 11.3 Å². The number of anilines is 1. The predicted octanol–water partition coefficient (Wildman–Crippen LogP) is 3.28. The molecule has 1 saturated heterocycles. The average molecular weight is 357 g/mol. The van der Waals surface area contributed by atoms with Crippen molar-refractivity contribution < 1.29 is 9.59 Å². The zero-order chi connectivity index (χ0) is 18.7. The second kappa shape index (κ2) is 7.78. The highest BCUT2D eigenvalue weighted by Crippen LogP contribution is 2.28. The second-order valence-corrected chi connectivity index (χ2v) is 8.67. The summed E-state index contributed by atoms with van der Waals surface area (Å²) in [6.45, 7) is 8.26. The van der Waals surface area contributed by atoms with Gasteiger partial charge in [0.1, 0.15) is 0 Å². The number of amides is 2. The third-order valence-electron chi connectivity index (χ3n) is 5.26. The lowest BCUT2D eigenvalue weighted by atomic mass is 9.95. The van der Waals surface area contributed by atoms with Crippen LogP contribution < -0.4 is 10.6 Å². The number of hydrogen-bond acceptors (Lipinski definition) is 3. The van der Waals surface area contributed by atoms with E-state index in [1.54, 1.807) is 12.1 Å². The molecule has 2 aliphatic rings. The van der Waals surface area contributed by atoms with Crippen LogP contribution in [0.3, 0.4) is 0 Å². The summed E-state index contributed by atoms with van der Waals surface area (Å²) in [5.74, 6) is 0.809. The number of piperidine rings is 1. The molecule has 5 heteroatoms. The smallest absolute Gasteiger partial charge is 0.255 e. The van der Waals surface area contributed by atoms with Gasteiger partial charge in [0.15, 0.2) is 0 Å². The van der Waals surface area contributed by atoms with Gasteiger partial charge in [-0.05, 0) is 50.3 Å². The van der Waals surface area contributed by atoms with Crippen molar-refractivity contribution in [1.29, 1.82) is 0 Å². The highest BCUT2D eigenvalue weighted by atomic mass is 16.2. The molecule has 0 atom stereocenters. The molecular formula is C21H31N3O2. The lowest BCUT2D eigenvalue weighted by Gasteiger charge is -2.33.